The van der Waals surface area contributed by atoms with Gasteiger partial charge in [-0.2, -0.15) is 0 Å². The number of esters is 2. The van der Waals surface area contributed by atoms with Crippen LogP contribution in [-0.2, 0) is 27.1 Å². The van der Waals surface area contributed by atoms with E-state index in [4.69, 9.17) is 9.47 Å². The van der Waals surface area contributed by atoms with E-state index in [9.17, 15) is 19.5 Å². The third kappa shape index (κ3) is 4.95. The Morgan fingerprint density at radius 1 is 1.24 bits per heavy atom. The molecule has 2 N–H and O–H groups in total. The highest BCUT2D eigenvalue weighted by molar-refractivity contribution is 7.17. The van der Waals surface area contributed by atoms with E-state index < -0.39 is 24.5 Å². The van der Waals surface area contributed by atoms with Gasteiger partial charge in [0.05, 0.1) is 17.7 Å². The van der Waals surface area contributed by atoms with Gasteiger partial charge in [-0.15, -0.1) is 11.3 Å². The van der Waals surface area contributed by atoms with Gasteiger partial charge < -0.3 is 19.9 Å². The molecule has 1 amide bonds. The largest absolute Gasteiger partial charge is 0.508 e. The number of aromatic hydroxyl groups is 1. The van der Waals surface area contributed by atoms with Crippen molar-refractivity contribution in [1.29, 1.82) is 0 Å². The van der Waals surface area contributed by atoms with Gasteiger partial charge in [0.15, 0.2) is 6.61 Å². The molecule has 3 rings (SSSR count). The van der Waals surface area contributed by atoms with E-state index in [-0.39, 0.29) is 17.9 Å². The normalized spacial score (nSPS) is 15.3. The number of carbonyl (C=O) groups is 3. The van der Waals surface area contributed by atoms with Crippen LogP contribution in [0.1, 0.15) is 51.4 Å². The Hall–Kier alpha value is -2.87. The zero-order valence-corrected chi connectivity index (χ0v) is 17.1. The fraction of sp³-hybridized carbons (Fsp3) is 0.381. The molecule has 0 radical (unpaired) electrons. The summed E-state index contributed by atoms with van der Waals surface area (Å²) < 4.78 is 10.2. The Balaban J connectivity index is 1.71. The summed E-state index contributed by atoms with van der Waals surface area (Å²) in [5.41, 5.74) is 1.50. The first-order valence-electron chi connectivity index (χ1n) is 9.46. The first kappa shape index (κ1) is 20.9. The molecule has 0 spiro atoms. The van der Waals surface area contributed by atoms with E-state index in [1.54, 1.807) is 6.92 Å². The first-order valence-corrected chi connectivity index (χ1v) is 10.3. The summed E-state index contributed by atoms with van der Waals surface area (Å²) in [4.78, 5) is 37.9. The van der Waals surface area contributed by atoms with Crippen molar-refractivity contribution in [2.45, 2.75) is 33.1 Å². The number of thiophene rings is 1. The minimum Gasteiger partial charge on any atom is -0.508 e. The van der Waals surface area contributed by atoms with Crippen LogP contribution < -0.4 is 5.32 Å². The number of phenols is 1. The van der Waals surface area contributed by atoms with E-state index in [2.05, 4.69) is 12.2 Å². The van der Waals surface area contributed by atoms with Crippen molar-refractivity contribution in [3.05, 3.63) is 45.8 Å². The molecule has 154 valence electrons. The second-order valence-corrected chi connectivity index (χ2v) is 8.06. The SMILES string of the molecule is CCOC(=O)c1c(NC(=O)COC(=O)c2cccc(O)c2)sc2c1CC[C@@H](C)C2. The second kappa shape index (κ2) is 9.09. The number of nitrogens with one attached hydrogen (secondary N) is 1. The minimum atomic E-state index is -0.721. The lowest BCUT2D eigenvalue weighted by molar-refractivity contribution is -0.119. The van der Waals surface area contributed by atoms with Crippen molar-refractivity contribution in [2.75, 3.05) is 18.5 Å². The molecule has 8 heteroatoms. The Bertz CT molecular complexity index is 935. The van der Waals surface area contributed by atoms with Crippen molar-refractivity contribution in [3.8, 4) is 5.75 Å². The predicted molar refractivity (Wildman–Crippen MR) is 108 cm³/mol. The molecule has 0 saturated carbocycles. The van der Waals surface area contributed by atoms with E-state index in [0.717, 1.165) is 29.7 Å². The maximum absolute atomic E-state index is 12.5. The van der Waals surface area contributed by atoms with Gasteiger partial charge in [-0.1, -0.05) is 13.0 Å². The van der Waals surface area contributed by atoms with Gasteiger partial charge in [0.25, 0.3) is 5.91 Å². The summed E-state index contributed by atoms with van der Waals surface area (Å²) in [6.07, 6.45) is 2.60. The summed E-state index contributed by atoms with van der Waals surface area (Å²) in [5.74, 6) is -1.27. The van der Waals surface area contributed by atoms with E-state index in [1.165, 1.54) is 35.6 Å². The molecular weight excluding hydrogens is 394 g/mol. The third-order valence-corrected chi connectivity index (χ3v) is 5.83. The lowest BCUT2D eigenvalue weighted by Gasteiger charge is -2.18. The number of ether oxygens (including phenoxy) is 2. The Kier molecular flexibility index (Phi) is 6.53. The van der Waals surface area contributed by atoms with Crippen molar-refractivity contribution >= 4 is 34.2 Å². The topological polar surface area (TPSA) is 102 Å². The average Bonchev–Trinajstić information content (AvgIpc) is 3.03. The molecular formula is C21H23NO6S. The number of amides is 1. The van der Waals surface area contributed by atoms with Crippen LogP contribution in [0.25, 0.3) is 0 Å². The number of phenolic OH excluding ortho intramolecular Hbond substituents is 1. The summed E-state index contributed by atoms with van der Waals surface area (Å²) in [6.45, 7) is 3.63. The number of hydrogen-bond donors (Lipinski definition) is 2. The molecule has 29 heavy (non-hydrogen) atoms. The highest BCUT2D eigenvalue weighted by Crippen LogP contribution is 2.40. The molecule has 0 bridgehead atoms. The fourth-order valence-electron chi connectivity index (χ4n) is 3.27. The molecule has 2 aromatic rings. The van der Waals surface area contributed by atoms with Crippen molar-refractivity contribution in [3.63, 3.8) is 0 Å². The van der Waals surface area contributed by atoms with Gasteiger partial charge >= 0.3 is 11.9 Å². The summed E-state index contributed by atoms with van der Waals surface area (Å²) in [5, 5.41) is 12.6. The Labute approximate surface area is 172 Å². The molecule has 1 heterocycles. The Morgan fingerprint density at radius 3 is 2.76 bits per heavy atom. The van der Waals surface area contributed by atoms with E-state index in [1.807, 2.05) is 0 Å². The van der Waals surface area contributed by atoms with Crippen LogP contribution in [0.5, 0.6) is 5.75 Å². The third-order valence-electron chi connectivity index (χ3n) is 4.66. The maximum atomic E-state index is 12.5. The number of anilines is 1. The highest BCUT2D eigenvalue weighted by atomic mass is 32.1. The molecule has 1 aromatic heterocycles. The van der Waals surface area contributed by atoms with Crippen molar-refractivity contribution < 1.29 is 29.0 Å². The summed E-state index contributed by atoms with van der Waals surface area (Å²) >= 11 is 1.37. The predicted octanol–water partition coefficient (Wildman–Crippen LogP) is 3.55. The summed E-state index contributed by atoms with van der Waals surface area (Å²) in [7, 11) is 0. The molecule has 0 fully saturated rings. The van der Waals surface area contributed by atoms with Crippen molar-refractivity contribution in [1.82, 2.24) is 0 Å². The molecule has 1 atom stereocenters. The molecule has 1 aliphatic carbocycles. The van der Waals surface area contributed by atoms with Crippen molar-refractivity contribution in [2.24, 2.45) is 5.92 Å². The van der Waals surface area contributed by atoms with Gasteiger partial charge in [-0.3, -0.25) is 4.79 Å². The molecule has 1 aliphatic rings. The first-order chi connectivity index (χ1) is 13.9. The quantitative estimate of drug-likeness (QED) is 0.697. The van der Waals surface area contributed by atoms with Gasteiger partial charge in [-0.05, 0) is 55.9 Å². The van der Waals surface area contributed by atoms with E-state index in [0.29, 0.717) is 16.5 Å². The molecule has 0 saturated heterocycles. The van der Waals surface area contributed by atoms with Crippen LogP contribution in [0.3, 0.4) is 0 Å². The van der Waals surface area contributed by atoms with Gasteiger partial charge in [0.2, 0.25) is 0 Å². The summed E-state index contributed by atoms with van der Waals surface area (Å²) in [6, 6.07) is 5.68. The smallest absolute Gasteiger partial charge is 0.341 e. The van der Waals surface area contributed by atoms with Crippen LogP contribution in [0.2, 0.25) is 0 Å². The average molecular weight is 417 g/mol. The minimum absolute atomic E-state index is 0.0682. The van der Waals surface area contributed by atoms with E-state index >= 15 is 0 Å². The van der Waals surface area contributed by atoms with Crippen LogP contribution in [0.15, 0.2) is 24.3 Å². The fourth-order valence-corrected chi connectivity index (χ4v) is 4.68. The van der Waals surface area contributed by atoms with Crippen LogP contribution in [0.4, 0.5) is 5.00 Å². The molecule has 7 nitrogen and oxygen atoms in total. The van der Waals surface area contributed by atoms with Gasteiger partial charge in [0.1, 0.15) is 10.8 Å². The zero-order valence-electron chi connectivity index (χ0n) is 16.3. The van der Waals surface area contributed by atoms with Crippen LogP contribution in [0, 0.1) is 5.92 Å². The number of fused-ring (bicyclic) bond motifs is 1. The van der Waals surface area contributed by atoms with Crippen LogP contribution >= 0.6 is 11.3 Å². The number of hydrogen-bond acceptors (Lipinski definition) is 7. The number of rotatable bonds is 6. The zero-order chi connectivity index (χ0) is 21.0. The van der Waals surface area contributed by atoms with Gasteiger partial charge in [0, 0.05) is 4.88 Å². The molecule has 0 aliphatic heterocycles. The second-order valence-electron chi connectivity index (χ2n) is 6.95. The lowest BCUT2D eigenvalue weighted by atomic mass is 9.88. The highest BCUT2D eigenvalue weighted by Gasteiger charge is 2.29. The lowest BCUT2D eigenvalue weighted by Crippen LogP contribution is -2.22. The van der Waals surface area contributed by atoms with Crippen LogP contribution in [-0.4, -0.2) is 36.2 Å². The molecule has 0 unspecified atom stereocenters. The number of benzene rings is 1. The van der Waals surface area contributed by atoms with Gasteiger partial charge in [-0.25, -0.2) is 9.59 Å². The monoisotopic (exact) mass is 417 g/mol. The number of carbonyl (C=O) groups excluding carboxylic acids is 3. The molecule has 1 aromatic carbocycles. The standard InChI is InChI=1S/C21H23NO6S/c1-3-27-21(26)18-15-8-7-12(2)9-16(15)29-19(18)22-17(24)11-28-20(25)13-5-4-6-14(23)10-13/h4-6,10,12,23H,3,7-9,11H2,1-2H3,(H,22,24)/t12-/m1/s1. The maximum Gasteiger partial charge on any atom is 0.341 e. The Morgan fingerprint density at radius 2 is 2.03 bits per heavy atom.